The van der Waals surface area contributed by atoms with Crippen LogP contribution in [0.15, 0.2) is 67.4 Å². The molecule has 1 atom stereocenters. The van der Waals surface area contributed by atoms with Gasteiger partial charge in [0.25, 0.3) is 20.0 Å². The van der Waals surface area contributed by atoms with Crippen molar-refractivity contribution in [2.45, 2.75) is 61.7 Å². The summed E-state index contributed by atoms with van der Waals surface area (Å²) in [6.07, 6.45) is 3.90. The van der Waals surface area contributed by atoms with Gasteiger partial charge in [-0.25, -0.2) is 16.8 Å². The number of rotatable bonds is 15. The van der Waals surface area contributed by atoms with E-state index in [1.165, 1.54) is 48.5 Å². The quantitative estimate of drug-likeness (QED) is 0.130. The van der Waals surface area contributed by atoms with Crippen molar-refractivity contribution < 1.29 is 26.4 Å². The number of carbonyl (C=O) groups excluding carboxylic acids is 2. The molecule has 0 heterocycles. The van der Waals surface area contributed by atoms with Crippen LogP contribution >= 0.6 is 0 Å². The number of carbonyl (C=O) groups is 2. The lowest BCUT2D eigenvalue weighted by molar-refractivity contribution is -0.120. The maximum Gasteiger partial charge on any atom is 0.264 e. The maximum atomic E-state index is 12.6. The van der Waals surface area contributed by atoms with Crippen molar-refractivity contribution in [3.8, 4) is 0 Å². The summed E-state index contributed by atoms with van der Waals surface area (Å²) >= 11 is 0. The van der Waals surface area contributed by atoms with Crippen LogP contribution in [0.4, 0.5) is 5.69 Å². The molecule has 0 spiro atoms. The number of amides is 1. The molecular formula is C23H27N7O6S2. The molecule has 0 bridgehead atoms. The molecule has 2 aromatic carbocycles. The Morgan fingerprint density at radius 1 is 0.842 bits per heavy atom. The van der Waals surface area contributed by atoms with Gasteiger partial charge in [-0.2, -0.15) is 0 Å². The number of azide groups is 2. The summed E-state index contributed by atoms with van der Waals surface area (Å²) in [5.74, 6) is -0.441. The Hall–Kier alpha value is -3.90. The average Bonchev–Trinajstić information content (AvgIpc) is 2.86. The molecule has 13 nitrogen and oxygen atoms in total. The highest BCUT2D eigenvalue weighted by molar-refractivity contribution is 7.90. The Morgan fingerprint density at radius 3 is 1.87 bits per heavy atom. The Morgan fingerprint density at radius 2 is 1.37 bits per heavy atom. The van der Waals surface area contributed by atoms with Crippen LogP contribution in [-0.2, 0) is 36.1 Å². The van der Waals surface area contributed by atoms with Gasteiger partial charge in [0.1, 0.15) is 5.78 Å². The fourth-order valence-corrected chi connectivity index (χ4v) is 4.99. The number of benzene rings is 2. The lowest BCUT2D eigenvalue weighted by Gasteiger charge is -2.15. The van der Waals surface area contributed by atoms with Gasteiger partial charge in [0.2, 0.25) is 5.91 Å². The van der Waals surface area contributed by atoms with Crippen molar-refractivity contribution in [2.24, 2.45) is 15.0 Å². The fraction of sp³-hybridized carbons (Fsp3) is 0.391. The second-order valence-corrected chi connectivity index (χ2v) is 11.5. The number of hydrogen-bond acceptors (Lipinski definition) is 6. The van der Waals surface area contributed by atoms with E-state index in [2.05, 4.69) is 24.2 Å². The van der Waals surface area contributed by atoms with Crippen molar-refractivity contribution in [1.29, 1.82) is 0 Å². The topological polar surface area (TPSA) is 212 Å². The molecule has 2 rings (SSSR count). The summed E-state index contributed by atoms with van der Waals surface area (Å²) in [6, 6.07) is 10.9. The van der Waals surface area contributed by atoms with Gasteiger partial charge in [0, 0.05) is 43.3 Å². The van der Waals surface area contributed by atoms with E-state index in [9.17, 15) is 26.4 Å². The number of anilines is 1. The highest BCUT2D eigenvalue weighted by Gasteiger charge is 2.17. The summed E-state index contributed by atoms with van der Waals surface area (Å²) in [4.78, 5) is 29.2. The number of ketones is 1. The third-order valence-corrected chi connectivity index (χ3v) is 8.01. The van der Waals surface area contributed by atoms with Crippen LogP contribution in [-0.4, -0.2) is 28.5 Å². The van der Waals surface area contributed by atoms with E-state index in [1.807, 2.05) is 6.92 Å². The fourth-order valence-electron chi connectivity index (χ4n) is 3.65. The molecule has 0 aliphatic rings. The molecule has 15 heteroatoms. The molecule has 0 saturated heterocycles. The maximum absolute atomic E-state index is 12.6. The zero-order valence-corrected chi connectivity index (χ0v) is 22.2. The van der Waals surface area contributed by atoms with E-state index >= 15 is 0 Å². The predicted octanol–water partition coefficient (Wildman–Crippen LogP) is 5.41. The van der Waals surface area contributed by atoms with Crippen molar-refractivity contribution in [1.82, 2.24) is 0 Å². The third-order valence-electron chi connectivity index (χ3n) is 5.70. The summed E-state index contributed by atoms with van der Waals surface area (Å²) in [5, 5.41) is 2.76. The normalized spacial score (nSPS) is 12.0. The average molecular weight is 562 g/mol. The minimum Gasteiger partial charge on any atom is -0.326 e. The molecule has 0 aromatic heterocycles. The van der Waals surface area contributed by atoms with E-state index < -0.39 is 20.0 Å². The number of unbranched alkanes of at least 4 members (excludes halogenated alkanes) is 2. The Kier molecular flexibility index (Phi) is 11.3. The van der Waals surface area contributed by atoms with Crippen LogP contribution in [0.25, 0.3) is 20.9 Å². The van der Waals surface area contributed by atoms with Gasteiger partial charge in [0.05, 0.1) is 9.79 Å². The standard InChI is InChI=1S/C23H27N7O6S2/c1-2-18(23(32)26-19-10-14-22(15-11-19)38(35,36)30-28-25)6-4-3-5-7-20(31)16-17-8-12-21(13-9-17)37(33,34)29-27-24/h8-15,18H,2-7,16H2,1H3,(H,26,32). The summed E-state index contributed by atoms with van der Waals surface area (Å²) in [5.41, 5.74) is 17.7. The molecule has 0 aliphatic carbocycles. The van der Waals surface area contributed by atoms with Gasteiger partial charge in [-0.1, -0.05) is 31.9 Å². The lowest BCUT2D eigenvalue weighted by atomic mass is 9.96. The van der Waals surface area contributed by atoms with Crippen molar-refractivity contribution in [3.63, 3.8) is 0 Å². The second kappa shape index (κ2) is 14.1. The van der Waals surface area contributed by atoms with E-state index in [1.54, 1.807) is 0 Å². The minimum absolute atomic E-state index is 0.00589. The molecule has 0 saturated carbocycles. The van der Waals surface area contributed by atoms with Gasteiger partial charge < -0.3 is 5.32 Å². The smallest absolute Gasteiger partial charge is 0.264 e. The molecule has 2 aromatic rings. The van der Waals surface area contributed by atoms with E-state index in [0.29, 0.717) is 36.9 Å². The Balaban J connectivity index is 1.76. The first-order valence-electron chi connectivity index (χ1n) is 11.7. The van der Waals surface area contributed by atoms with Crippen LogP contribution in [0, 0.1) is 5.92 Å². The predicted molar refractivity (Wildman–Crippen MR) is 140 cm³/mol. The van der Waals surface area contributed by atoms with Gasteiger partial charge >= 0.3 is 0 Å². The van der Waals surface area contributed by atoms with Gasteiger partial charge in [-0.05, 0) is 72.3 Å². The minimum atomic E-state index is -4.09. The molecule has 1 N–H and O–H groups in total. The van der Waals surface area contributed by atoms with Gasteiger partial charge in [-0.3, -0.25) is 9.59 Å². The number of nitrogens with one attached hydrogen (secondary N) is 1. The summed E-state index contributed by atoms with van der Waals surface area (Å²) < 4.78 is 52.4. The van der Waals surface area contributed by atoms with Gasteiger partial charge in [0.15, 0.2) is 0 Å². The third kappa shape index (κ3) is 9.20. The van der Waals surface area contributed by atoms with Crippen molar-refractivity contribution in [2.75, 3.05) is 5.32 Å². The highest BCUT2D eigenvalue weighted by Crippen LogP contribution is 2.20. The first kappa shape index (κ1) is 30.3. The monoisotopic (exact) mass is 561 g/mol. The highest BCUT2D eigenvalue weighted by atomic mass is 32.2. The zero-order valence-electron chi connectivity index (χ0n) is 20.6. The summed E-state index contributed by atoms with van der Waals surface area (Å²) in [7, 11) is -8.15. The number of hydrogen-bond donors (Lipinski definition) is 1. The van der Waals surface area contributed by atoms with Crippen LogP contribution in [0.5, 0.6) is 0 Å². The first-order valence-corrected chi connectivity index (χ1v) is 14.5. The van der Waals surface area contributed by atoms with Crippen molar-refractivity contribution >= 4 is 37.4 Å². The van der Waals surface area contributed by atoms with Crippen LogP contribution in [0.2, 0.25) is 0 Å². The Bertz CT molecular complexity index is 1440. The van der Waals surface area contributed by atoms with E-state index in [-0.39, 0.29) is 33.8 Å². The number of nitrogens with zero attached hydrogens (tertiary/aromatic N) is 6. The number of Topliss-reactive ketones (excluding diaryl/α,β-unsaturated/α-hetero) is 1. The van der Waals surface area contributed by atoms with E-state index in [0.717, 1.165) is 12.8 Å². The summed E-state index contributed by atoms with van der Waals surface area (Å²) in [6.45, 7) is 1.90. The molecule has 1 unspecified atom stereocenters. The molecule has 202 valence electrons. The van der Waals surface area contributed by atoms with Crippen molar-refractivity contribution in [3.05, 3.63) is 75.0 Å². The number of sulfonamides is 2. The largest absolute Gasteiger partial charge is 0.326 e. The molecule has 38 heavy (non-hydrogen) atoms. The molecule has 0 aliphatic heterocycles. The first-order chi connectivity index (χ1) is 18.0. The lowest BCUT2D eigenvalue weighted by Crippen LogP contribution is -2.22. The van der Waals surface area contributed by atoms with E-state index in [4.69, 9.17) is 11.1 Å². The van der Waals surface area contributed by atoms with Crippen LogP contribution in [0.3, 0.4) is 0 Å². The van der Waals surface area contributed by atoms with Crippen LogP contribution in [0.1, 0.15) is 51.0 Å². The molecule has 0 fully saturated rings. The molecule has 0 radical (unpaired) electrons. The molecule has 1 amide bonds. The van der Waals surface area contributed by atoms with Crippen LogP contribution < -0.4 is 5.32 Å². The Labute approximate surface area is 220 Å². The molecular weight excluding hydrogens is 534 g/mol. The van der Waals surface area contributed by atoms with Gasteiger partial charge in [-0.15, -0.1) is 0 Å². The SMILES string of the molecule is CCC(CCCCCC(=O)Cc1ccc(S(=O)(=O)N=[N+]=[N-])cc1)C(=O)Nc1ccc(S(=O)(=O)N=[N+]=[N-])cc1. The second-order valence-electron chi connectivity index (χ2n) is 8.37. The zero-order chi connectivity index (χ0) is 28.2.